The lowest BCUT2D eigenvalue weighted by Gasteiger charge is -2.17. The van der Waals surface area contributed by atoms with Crippen LogP contribution in [0, 0.1) is 5.92 Å². The quantitative estimate of drug-likeness (QED) is 0.664. The van der Waals surface area contributed by atoms with Crippen molar-refractivity contribution in [2.75, 3.05) is 27.2 Å². The molecule has 5 nitrogen and oxygen atoms in total. The van der Waals surface area contributed by atoms with Crippen LogP contribution < -0.4 is 10.6 Å². The largest absolute Gasteiger partial charge is 0.352 e. The molecular weight excluding hydrogens is 206 g/mol. The van der Waals surface area contributed by atoms with Gasteiger partial charge in [0.25, 0.3) is 0 Å². The van der Waals surface area contributed by atoms with E-state index in [9.17, 15) is 9.59 Å². The van der Waals surface area contributed by atoms with Gasteiger partial charge in [0.2, 0.25) is 11.8 Å². The van der Waals surface area contributed by atoms with Crippen molar-refractivity contribution in [2.45, 2.75) is 26.8 Å². The lowest BCUT2D eigenvalue weighted by Crippen LogP contribution is -2.43. The monoisotopic (exact) mass is 229 g/mol. The molecule has 2 N–H and O–H groups in total. The molecule has 2 amide bonds. The van der Waals surface area contributed by atoms with Gasteiger partial charge < -0.3 is 10.2 Å². The van der Waals surface area contributed by atoms with E-state index in [1.165, 1.54) is 4.90 Å². The van der Waals surface area contributed by atoms with E-state index in [4.69, 9.17) is 0 Å². The van der Waals surface area contributed by atoms with Crippen molar-refractivity contribution >= 4 is 11.8 Å². The van der Waals surface area contributed by atoms with Crippen LogP contribution in [0.2, 0.25) is 0 Å². The Morgan fingerprint density at radius 2 is 1.69 bits per heavy atom. The second-order valence-corrected chi connectivity index (χ2v) is 4.49. The first-order valence-corrected chi connectivity index (χ1v) is 5.54. The molecule has 16 heavy (non-hydrogen) atoms. The van der Waals surface area contributed by atoms with Crippen LogP contribution in [0.4, 0.5) is 0 Å². The Morgan fingerprint density at radius 1 is 1.12 bits per heavy atom. The Hall–Kier alpha value is -1.10. The number of carbonyl (C=O) groups is 2. The molecule has 0 heterocycles. The summed E-state index contributed by atoms with van der Waals surface area (Å²) in [4.78, 5) is 24.1. The number of likely N-dealkylation sites (N-methyl/N-ethyl adjacent to an activating group) is 1. The molecular formula is C11H23N3O2. The second kappa shape index (κ2) is 7.22. The van der Waals surface area contributed by atoms with Gasteiger partial charge in [0.1, 0.15) is 0 Å². The zero-order valence-corrected chi connectivity index (χ0v) is 10.8. The molecule has 0 aromatic rings. The second-order valence-electron chi connectivity index (χ2n) is 4.49. The fourth-order valence-electron chi connectivity index (χ4n) is 0.913. The van der Waals surface area contributed by atoms with Crippen LogP contribution in [-0.4, -0.2) is 49.9 Å². The molecule has 0 aromatic carbocycles. The van der Waals surface area contributed by atoms with Crippen molar-refractivity contribution in [3.63, 3.8) is 0 Å². The number of hydrogen-bond donors (Lipinski definition) is 2. The Bertz CT molecular complexity index is 239. The van der Waals surface area contributed by atoms with Gasteiger partial charge in [-0.3, -0.25) is 14.9 Å². The number of carbonyl (C=O) groups excluding carboxylic acids is 2. The molecule has 0 aromatic heterocycles. The van der Waals surface area contributed by atoms with Gasteiger partial charge in [0.15, 0.2) is 0 Å². The number of nitrogens with zero attached hydrogens (tertiary/aromatic N) is 1. The number of rotatable bonds is 6. The van der Waals surface area contributed by atoms with Crippen LogP contribution in [0.15, 0.2) is 0 Å². The Labute approximate surface area is 97.6 Å². The van der Waals surface area contributed by atoms with Gasteiger partial charge in [-0.05, 0) is 12.8 Å². The first kappa shape index (κ1) is 14.9. The molecule has 0 aliphatic carbocycles. The normalized spacial score (nSPS) is 12.4. The molecule has 5 heteroatoms. The minimum atomic E-state index is -0.0762. The zero-order valence-electron chi connectivity index (χ0n) is 10.8. The van der Waals surface area contributed by atoms with E-state index >= 15 is 0 Å². The maximum Gasteiger partial charge on any atom is 0.236 e. The average Bonchev–Trinajstić information content (AvgIpc) is 2.16. The standard InChI is InChI=1S/C11H23N3O2/c1-8(2)9(3)13-10(15)6-12-7-11(16)14(4)5/h8-9,12H,6-7H2,1-5H3,(H,13,15). The number of nitrogens with one attached hydrogen (secondary N) is 2. The fourth-order valence-corrected chi connectivity index (χ4v) is 0.913. The van der Waals surface area contributed by atoms with Gasteiger partial charge in [-0.1, -0.05) is 13.8 Å². The molecule has 0 aliphatic rings. The number of hydrogen-bond acceptors (Lipinski definition) is 3. The summed E-state index contributed by atoms with van der Waals surface area (Å²) in [5, 5.41) is 5.66. The third kappa shape index (κ3) is 6.40. The Kier molecular flexibility index (Phi) is 6.72. The topological polar surface area (TPSA) is 61.4 Å². The van der Waals surface area contributed by atoms with Crippen molar-refractivity contribution in [2.24, 2.45) is 5.92 Å². The highest BCUT2D eigenvalue weighted by Gasteiger charge is 2.10. The Balaban J connectivity index is 3.70. The van der Waals surface area contributed by atoms with E-state index in [1.807, 2.05) is 20.8 Å². The van der Waals surface area contributed by atoms with Crippen LogP contribution in [-0.2, 0) is 9.59 Å². The maximum atomic E-state index is 11.4. The first-order valence-electron chi connectivity index (χ1n) is 5.54. The summed E-state index contributed by atoms with van der Waals surface area (Å²) in [6.45, 7) is 6.43. The zero-order chi connectivity index (χ0) is 12.7. The summed E-state index contributed by atoms with van der Waals surface area (Å²) in [6.07, 6.45) is 0. The highest BCUT2D eigenvalue weighted by atomic mass is 16.2. The van der Waals surface area contributed by atoms with E-state index in [1.54, 1.807) is 14.1 Å². The predicted octanol–water partition coefficient (Wildman–Crippen LogP) is -0.175. The lowest BCUT2D eigenvalue weighted by molar-refractivity contribution is -0.127. The maximum absolute atomic E-state index is 11.4. The predicted molar refractivity (Wildman–Crippen MR) is 64.0 cm³/mol. The molecule has 0 aliphatic heterocycles. The molecule has 0 fully saturated rings. The van der Waals surface area contributed by atoms with Gasteiger partial charge in [-0.2, -0.15) is 0 Å². The van der Waals surface area contributed by atoms with Crippen LogP contribution in [0.25, 0.3) is 0 Å². The van der Waals surface area contributed by atoms with Crippen molar-refractivity contribution < 1.29 is 9.59 Å². The van der Waals surface area contributed by atoms with Crippen molar-refractivity contribution in [1.29, 1.82) is 0 Å². The summed E-state index contributed by atoms with van der Waals surface area (Å²) in [5.74, 6) is 0.296. The van der Waals surface area contributed by atoms with E-state index in [0.717, 1.165) is 0 Å². The van der Waals surface area contributed by atoms with E-state index < -0.39 is 0 Å². The van der Waals surface area contributed by atoms with Crippen molar-refractivity contribution in [3.05, 3.63) is 0 Å². The van der Waals surface area contributed by atoms with E-state index in [-0.39, 0.29) is 30.9 Å². The Morgan fingerprint density at radius 3 is 2.12 bits per heavy atom. The van der Waals surface area contributed by atoms with Crippen molar-refractivity contribution in [1.82, 2.24) is 15.5 Å². The lowest BCUT2D eigenvalue weighted by atomic mass is 10.1. The average molecular weight is 229 g/mol. The van der Waals surface area contributed by atoms with Crippen LogP contribution in [0.1, 0.15) is 20.8 Å². The van der Waals surface area contributed by atoms with Gasteiger partial charge in [0, 0.05) is 20.1 Å². The van der Waals surface area contributed by atoms with E-state index in [2.05, 4.69) is 10.6 Å². The minimum Gasteiger partial charge on any atom is -0.352 e. The fraction of sp³-hybridized carbons (Fsp3) is 0.818. The molecule has 1 atom stereocenters. The molecule has 0 spiro atoms. The van der Waals surface area contributed by atoms with E-state index in [0.29, 0.717) is 5.92 Å². The molecule has 1 unspecified atom stereocenters. The SMILES string of the molecule is CC(C)C(C)NC(=O)CNCC(=O)N(C)C. The third-order valence-electron chi connectivity index (χ3n) is 2.45. The van der Waals surface area contributed by atoms with Gasteiger partial charge in [0.05, 0.1) is 13.1 Å². The van der Waals surface area contributed by atoms with Gasteiger partial charge in [-0.25, -0.2) is 0 Å². The molecule has 0 rings (SSSR count). The summed E-state index contributed by atoms with van der Waals surface area (Å²) < 4.78 is 0. The number of amides is 2. The van der Waals surface area contributed by atoms with Crippen LogP contribution in [0.5, 0.6) is 0 Å². The minimum absolute atomic E-state index is 0.0373. The van der Waals surface area contributed by atoms with Gasteiger partial charge in [-0.15, -0.1) is 0 Å². The molecule has 0 saturated carbocycles. The first-order chi connectivity index (χ1) is 7.34. The van der Waals surface area contributed by atoms with Crippen molar-refractivity contribution in [3.8, 4) is 0 Å². The highest BCUT2D eigenvalue weighted by Crippen LogP contribution is 1.98. The molecule has 0 bridgehead atoms. The summed E-state index contributed by atoms with van der Waals surface area (Å²) >= 11 is 0. The van der Waals surface area contributed by atoms with Crippen LogP contribution in [0.3, 0.4) is 0 Å². The molecule has 0 saturated heterocycles. The summed E-state index contributed by atoms with van der Waals surface area (Å²) in [5.41, 5.74) is 0. The summed E-state index contributed by atoms with van der Waals surface area (Å²) in [6, 6.07) is 0.152. The smallest absolute Gasteiger partial charge is 0.236 e. The third-order valence-corrected chi connectivity index (χ3v) is 2.45. The summed E-state index contributed by atoms with van der Waals surface area (Å²) in [7, 11) is 3.37. The van der Waals surface area contributed by atoms with Gasteiger partial charge >= 0.3 is 0 Å². The molecule has 0 radical (unpaired) electrons. The highest BCUT2D eigenvalue weighted by molar-refractivity contribution is 5.81. The molecule has 94 valence electrons. The van der Waals surface area contributed by atoms with Crippen LogP contribution >= 0.6 is 0 Å².